The molecule has 0 unspecified atom stereocenters. The van der Waals surface area contributed by atoms with Crippen LogP contribution in [-0.4, -0.2) is 22.1 Å². The van der Waals surface area contributed by atoms with Crippen molar-refractivity contribution in [2.24, 2.45) is 0 Å². The van der Waals surface area contributed by atoms with Crippen LogP contribution in [0, 0.1) is 12.7 Å². The molecule has 0 aliphatic rings. The van der Waals surface area contributed by atoms with Crippen LogP contribution in [-0.2, 0) is 0 Å². The van der Waals surface area contributed by atoms with Crippen molar-refractivity contribution in [2.45, 2.75) is 6.92 Å². The monoisotopic (exact) mass is 298 g/mol. The highest BCUT2D eigenvalue weighted by molar-refractivity contribution is 5.71. The third-order valence-electron chi connectivity index (χ3n) is 3.47. The molecule has 0 atom stereocenters. The number of nitrogens with zero attached hydrogens (tertiary/aromatic N) is 3. The number of halogens is 1. The minimum atomic E-state index is -0.468. The SMILES string of the molecule is COc1ccc(-c2nnn(-c3ccccc3C)c2N)cc1F. The summed E-state index contributed by atoms with van der Waals surface area (Å²) >= 11 is 0. The standard InChI is InChI=1S/C16H15FN4O/c1-10-5-3-4-6-13(10)21-16(18)15(19-20-21)11-7-8-14(22-2)12(17)9-11/h3-9H,18H2,1-2H3. The average Bonchev–Trinajstić information content (AvgIpc) is 2.89. The summed E-state index contributed by atoms with van der Waals surface area (Å²) in [6, 6.07) is 12.3. The van der Waals surface area contributed by atoms with Gasteiger partial charge in [0.15, 0.2) is 17.4 Å². The van der Waals surface area contributed by atoms with Crippen molar-refractivity contribution < 1.29 is 9.13 Å². The summed E-state index contributed by atoms with van der Waals surface area (Å²) in [4.78, 5) is 0. The molecule has 0 spiro atoms. The van der Waals surface area contributed by atoms with Gasteiger partial charge in [0.05, 0.1) is 12.8 Å². The second-order valence-electron chi connectivity index (χ2n) is 4.87. The van der Waals surface area contributed by atoms with Crippen LogP contribution in [0.15, 0.2) is 42.5 Å². The van der Waals surface area contributed by atoms with Crippen molar-refractivity contribution in [2.75, 3.05) is 12.8 Å². The lowest BCUT2D eigenvalue weighted by molar-refractivity contribution is 0.386. The maximum absolute atomic E-state index is 13.8. The van der Waals surface area contributed by atoms with Gasteiger partial charge >= 0.3 is 0 Å². The van der Waals surface area contributed by atoms with Crippen LogP contribution in [0.1, 0.15) is 5.56 Å². The molecular formula is C16H15FN4O. The number of aromatic nitrogens is 3. The van der Waals surface area contributed by atoms with Gasteiger partial charge in [0.25, 0.3) is 0 Å². The van der Waals surface area contributed by atoms with Crippen LogP contribution in [0.3, 0.4) is 0 Å². The number of nitrogens with two attached hydrogens (primary N) is 1. The Morgan fingerprint density at radius 3 is 2.64 bits per heavy atom. The third-order valence-corrected chi connectivity index (χ3v) is 3.47. The molecule has 0 aliphatic carbocycles. The minimum absolute atomic E-state index is 0.175. The molecule has 22 heavy (non-hydrogen) atoms. The van der Waals surface area contributed by atoms with Crippen molar-refractivity contribution in [1.29, 1.82) is 0 Å². The molecule has 0 saturated heterocycles. The van der Waals surface area contributed by atoms with Gasteiger partial charge in [0, 0.05) is 5.56 Å². The lowest BCUT2D eigenvalue weighted by Gasteiger charge is -2.07. The average molecular weight is 298 g/mol. The number of hydrogen-bond donors (Lipinski definition) is 1. The number of para-hydroxylation sites is 1. The summed E-state index contributed by atoms with van der Waals surface area (Å²) in [6.07, 6.45) is 0. The Kier molecular flexibility index (Phi) is 3.50. The molecular weight excluding hydrogens is 283 g/mol. The number of anilines is 1. The van der Waals surface area contributed by atoms with Crippen LogP contribution in [0.2, 0.25) is 0 Å². The van der Waals surface area contributed by atoms with Gasteiger partial charge in [-0.2, -0.15) is 4.68 Å². The van der Waals surface area contributed by atoms with Crippen LogP contribution >= 0.6 is 0 Å². The fraction of sp³-hybridized carbons (Fsp3) is 0.125. The van der Waals surface area contributed by atoms with E-state index in [1.165, 1.54) is 19.2 Å². The zero-order valence-electron chi connectivity index (χ0n) is 12.2. The van der Waals surface area contributed by atoms with E-state index >= 15 is 0 Å². The number of nitrogen functional groups attached to an aromatic ring is 1. The fourth-order valence-electron chi connectivity index (χ4n) is 2.29. The first-order valence-corrected chi connectivity index (χ1v) is 6.73. The molecule has 3 aromatic rings. The first-order chi connectivity index (χ1) is 10.6. The van der Waals surface area contributed by atoms with Gasteiger partial charge in [-0.15, -0.1) is 5.10 Å². The lowest BCUT2D eigenvalue weighted by atomic mass is 10.1. The van der Waals surface area contributed by atoms with Crippen molar-refractivity contribution in [3.05, 3.63) is 53.8 Å². The number of rotatable bonds is 3. The van der Waals surface area contributed by atoms with E-state index in [9.17, 15) is 4.39 Å². The van der Waals surface area contributed by atoms with E-state index in [1.54, 1.807) is 10.7 Å². The third kappa shape index (κ3) is 2.28. The highest BCUT2D eigenvalue weighted by Crippen LogP contribution is 2.29. The highest BCUT2D eigenvalue weighted by atomic mass is 19.1. The summed E-state index contributed by atoms with van der Waals surface area (Å²) in [5.41, 5.74) is 8.99. The second-order valence-corrected chi connectivity index (χ2v) is 4.87. The Labute approximate surface area is 127 Å². The smallest absolute Gasteiger partial charge is 0.165 e. The molecule has 1 heterocycles. The first-order valence-electron chi connectivity index (χ1n) is 6.73. The van der Waals surface area contributed by atoms with Crippen molar-refractivity contribution in [3.8, 4) is 22.7 Å². The molecule has 2 N–H and O–H groups in total. The van der Waals surface area contributed by atoms with Crippen LogP contribution in [0.4, 0.5) is 10.2 Å². The van der Waals surface area contributed by atoms with Crippen molar-refractivity contribution in [1.82, 2.24) is 15.0 Å². The minimum Gasteiger partial charge on any atom is -0.494 e. The Balaban J connectivity index is 2.08. The Morgan fingerprint density at radius 2 is 1.95 bits per heavy atom. The fourth-order valence-corrected chi connectivity index (χ4v) is 2.29. The Morgan fingerprint density at radius 1 is 1.18 bits per heavy atom. The number of hydrogen-bond acceptors (Lipinski definition) is 4. The highest BCUT2D eigenvalue weighted by Gasteiger charge is 2.15. The quantitative estimate of drug-likeness (QED) is 0.807. The number of methoxy groups -OCH3 is 1. The molecule has 0 amide bonds. The number of aryl methyl sites for hydroxylation is 1. The van der Waals surface area contributed by atoms with E-state index in [2.05, 4.69) is 10.3 Å². The summed E-state index contributed by atoms with van der Waals surface area (Å²) in [6.45, 7) is 1.96. The Hall–Kier alpha value is -2.89. The van der Waals surface area contributed by atoms with E-state index in [1.807, 2.05) is 31.2 Å². The maximum Gasteiger partial charge on any atom is 0.165 e. The first kappa shape index (κ1) is 14.1. The van der Waals surface area contributed by atoms with E-state index in [-0.39, 0.29) is 5.75 Å². The normalized spacial score (nSPS) is 10.7. The molecule has 0 saturated carbocycles. The summed E-state index contributed by atoms with van der Waals surface area (Å²) in [7, 11) is 1.42. The van der Waals surface area contributed by atoms with E-state index in [0.29, 0.717) is 17.1 Å². The lowest BCUT2D eigenvalue weighted by Crippen LogP contribution is -2.04. The topological polar surface area (TPSA) is 66.0 Å². The zero-order valence-corrected chi connectivity index (χ0v) is 12.2. The molecule has 1 aromatic heterocycles. The van der Waals surface area contributed by atoms with Gasteiger partial charge in [-0.25, -0.2) is 4.39 Å². The summed E-state index contributed by atoms with van der Waals surface area (Å²) in [5.74, 6) is 0.0670. The van der Waals surface area contributed by atoms with Gasteiger partial charge in [-0.3, -0.25) is 0 Å². The van der Waals surface area contributed by atoms with Gasteiger partial charge in [0.2, 0.25) is 0 Å². The van der Waals surface area contributed by atoms with Crippen molar-refractivity contribution >= 4 is 5.82 Å². The number of ether oxygens (including phenoxy) is 1. The summed E-state index contributed by atoms with van der Waals surface area (Å²) in [5, 5.41) is 8.16. The molecule has 112 valence electrons. The summed E-state index contributed by atoms with van der Waals surface area (Å²) < 4.78 is 20.3. The largest absolute Gasteiger partial charge is 0.494 e. The predicted octanol–water partition coefficient (Wildman–Crippen LogP) is 2.97. The molecule has 0 radical (unpaired) electrons. The molecule has 0 bridgehead atoms. The zero-order chi connectivity index (χ0) is 15.7. The Bertz CT molecular complexity index is 829. The van der Waals surface area contributed by atoms with Gasteiger partial charge in [-0.05, 0) is 36.8 Å². The number of benzene rings is 2. The molecule has 0 fully saturated rings. The molecule has 6 heteroatoms. The predicted molar refractivity (Wildman–Crippen MR) is 82.5 cm³/mol. The van der Waals surface area contributed by atoms with Crippen LogP contribution in [0.25, 0.3) is 16.9 Å². The molecule has 3 rings (SSSR count). The van der Waals surface area contributed by atoms with Crippen molar-refractivity contribution in [3.63, 3.8) is 0 Å². The van der Waals surface area contributed by atoms with Gasteiger partial charge in [0.1, 0.15) is 5.69 Å². The van der Waals surface area contributed by atoms with Gasteiger partial charge < -0.3 is 10.5 Å². The van der Waals surface area contributed by atoms with Crippen LogP contribution < -0.4 is 10.5 Å². The van der Waals surface area contributed by atoms with E-state index in [4.69, 9.17) is 10.5 Å². The molecule has 0 aliphatic heterocycles. The van der Waals surface area contributed by atoms with E-state index < -0.39 is 5.82 Å². The molecule has 5 nitrogen and oxygen atoms in total. The maximum atomic E-state index is 13.8. The molecule has 2 aromatic carbocycles. The van der Waals surface area contributed by atoms with Crippen LogP contribution in [0.5, 0.6) is 5.75 Å². The van der Waals surface area contributed by atoms with E-state index in [0.717, 1.165) is 11.3 Å². The second kappa shape index (κ2) is 5.48. The van der Waals surface area contributed by atoms with Gasteiger partial charge in [-0.1, -0.05) is 23.4 Å².